The molecular weight excluding hydrogens is 518 g/mol. The van der Waals surface area contributed by atoms with Crippen LogP contribution in [0.3, 0.4) is 0 Å². The standard InChI is InChI=1S/C26H32F6N2O4/c1-13-3-7-16(8-4-13)38-20-10-17(19(37-2)11-18(20)27)23(35)34-22-15-6-5-14(9-15)21(22)24(36)33-12-25(28,29)26(30,31)32/h10-11,13-16,21-22H,3-9,12H2,1-2H3,(H,33,36)(H,34,35)/t13?,14-,15+,16?,21+,22-/m1/s1. The third-order valence-corrected chi connectivity index (χ3v) is 8.17. The number of benzene rings is 1. The Hall–Kier alpha value is -2.66. The van der Waals surface area contributed by atoms with Crippen molar-refractivity contribution in [2.45, 2.75) is 76.1 Å². The molecular formula is C26H32F6N2O4. The summed E-state index contributed by atoms with van der Waals surface area (Å²) in [6.07, 6.45) is -0.789. The zero-order chi connectivity index (χ0) is 27.8. The number of rotatable bonds is 8. The van der Waals surface area contributed by atoms with Gasteiger partial charge in [0.05, 0.1) is 31.2 Å². The van der Waals surface area contributed by atoms with Crippen LogP contribution < -0.4 is 20.1 Å². The highest BCUT2D eigenvalue weighted by atomic mass is 19.4. The molecule has 1 aromatic rings. The Morgan fingerprint density at radius 2 is 1.63 bits per heavy atom. The Bertz CT molecular complexity index is 1040. The first-order chi connectivity index (χ1) is 17.8. The van der Waals surface area contributed by atoms with Crippen LogP contribution in [0.25, 0.3) is 0 Å². The number of hydrogen-bond acceptors (Lipinski definition) is 4. The molecule has 3 aliphatic rings. The molecule has 0 aromatic heterocycles. The molecule has 4 atom stereocenters. The highest BCUT2D eigenvalue weighted by molar-refractivity contribution is 5.98. The van der Waals surface area contributed by atoms with E-state index in [1.807, 2.05) is 0 Å². The molecule has 6 nitrogen and oxygen atoms in total. The van der Waals surface area contributed by atoms with Gasteiger partial charge in [-0.05, 0) is 68.8 Å². The minimum Gasteiger partial charge on any atom is -0.496 e. The van der Waals surface area contributed by atoms with Gasteiger partial charge in [0.1, 0.15) is 5.75 Å². The van der Waals surface area contributed by atoms with E-state index in [4.69, 9.17) is 9.47 Å². The Balaban J connectivity index is 1.49. The third-order valence-electron chi connectivity index (χ3n) is 8.17. The van der Waals surface area contributed by atoms with Crippen molar-refractivity contribution in [2.24, 2.45) is 23.7 Å². The largest absolute Gasteiger partial charge is 0.496 e. The topological polar surface area (TPSA) is 76.7 Å². The number of halogens is 6. The number of amides is 2. The minimum atomic E-state index is -5.79. The van der Waals surface area contributed by atoms with E-state index in [1.165, 1.54) is 13.2 Å². The molecule has 3 aliphatic carbocycles. The molecule has 2 bridgehead atoms. The molecule has 38 heavy (non-hydrogen) atoms. The average Bonchev–Trinajstić information content (AvgIpc) is 3.46. The van der Waals surface area contributed by atoms with Crippen molar-refractivity contribution in [2.75, 3.05) is 13.7 Å². The van der Waals surface area contributed by atoms with Crippen molar-refractivity contribution in [1.29, 1.82) is 0 Å². The van der Waals surface area contributed by atoms with Gasteiger partial charge in [0.25, 0.3) is 5.91 Å². The minimum absolute atomic E-state index is 0.0291. The smallest absolute Gasteiger partial charge is 0.455 e. The molecule has 0 unspecified atom stereocenters. The lowest BCUT2D eigenvalue weighted by molar-refractivity contribution is -0.278. The van der Waals surface area contributed by atoms with Crippen molar-refractivity contribution < 1.29 is 45.4 Å². The van der Waals surface area contributed by atoms with E-state index < -0.39 is 48.2 Å². The first-order valence-electron chi connectivity index (χ1n) is 12.9. The number of carbonyl (C=O) groups is 2. The van der Waals surface area contributed by atoms with E-state index >= 15 is 0 Å². The van der Waals surface area contributed by atoms with Crippen LogP contribution in [0, 0.1) is 29.5 Å². The van der Waals surface area contributed by atoms with Gasteiger partial charge in [-0.25, -0.2) is 4.39 Å². The van der Waals surface area contributed by atoms with Crippen molar-refractivity contribution in [3.8, 4) is 11.5 Å². The number of nitrogens with one attached hydrogen (secondary N) is 2. The van der Waals surface area contributed by atoms with Gasteiger partial charge in [0.2, 0.25) is 5.91 Å². The zero-order valence-corrected chi connectivity index (χ0v) is 21.2. The molecule has 0 radical (unpaired) electrons. The highest BCUT2D eigenvalue weighted by Gasteiger charge is 2.58. The second-order valence-electron chi connectivity index (χ2n) is 10.8. The summed E-state index contributed by atoms with van der Waals surface area (Å²) >= 11 is 0. The quantitative estimate of drug-likeness (QED) is 0.434. The molecule has 2 amide bonds. The maximum absolute atomic E-state index is 14.7. The lowest BCUT2D eigenvalue weighted by Gasteiger charge is -2.31. The summed E-state index contributed by atoms with van der Waals surface area (Å²) in [5.74, 6) is -8.38. The molecule has 0 saturated heterocycles. The summed E-state index contributed by atoms with van der Waals surface area (Å²) in [6.45, 7) is 0.258. The Morgan fingerprint density at radius 1 is 0.974 bits per heavy atom. The Kier molecular flexibility index (Phi) is 8.09. The molecule has 3 fully saturated rings. The van der Waals surface area contributed by atoms with Crippen molar-refractivity contribution in [1.82, 2.24) is 10.6 Å². The van der Waals surface area contributed by atoms with Crippen LogP contribution in [-0.4, -0.2) is 49.7 Å². The Morgan fingerprint density at radius 3 is 2.26 bits per heavy atom. The monoisotopic (exact) mass is 550 g/mol. The van der Waals surface area contributed by atoms with Gasteiger partial charge in [0, 0.05) is 12.1 Å². The van der Waals surface area contributed by atoms with E-state index in [9.17, 15) is 35.9 Å². The van der Waals surface area contributed by atoms with Crippen LogP contribution in [0.4, 0.5) is 26.3 Å². The van der Waals surface area contributed by atoms with Crippen LogP contribution in [0.1, 0.15) is 62.2 Å². The summed E-state index contributed by atoms with van der Waals surface area (Å²) < 4.78 is 90.1. The van der Waals surface area contributed by atoms with Gasteiger partial charge < -0.3 is 20.1 Å². The molecule has 12 heteroatoms. The average molecular weight is 551 g/mol. The summed E-state index contributed by atoms with van der Waals surface area (Å²) in [4.78, 5) is 26.0. The summed E-state index contributed by atoms with van der Waals surface area (Å²) in [7, 11) is 1.27. The second-order valence-corrected chi connectivity index (χ2v) is 10.8. The molecule has 4 rings (SSSR count). The number of fused-ring (bicyclic) bond motifs is 2. The van der Waals surface area contributed by atoms with Gasteiger partial charge in [-0.15, -0.1) is 0 Å². The van der Waals surface area contributed by atoms with E-state index in [-0.39, 0.29) is 35.0 Å². The first kappa shape index (κ1) is 28.4. The van der Waals surface area contributed by atoms with Crippen LogP contribution in [0.15, 0.2) is 12.1 Å². The summed E-state index contributed by atoms with van der Waals surface area (Å²) in [5, 5.41) is 4.48. The zero-order valence-electron chi connectivity index (χ0n) is 21.2. The normalized spacial score (nSPS) is 29.2. The van der Waals surface area contributed by atoms with Gasteiger partial charge in [-0.2, -0.15) is 22.0 Å². The van der Waals surface area contributed by atoms with Gasteiger partial charge in [-0.3, -0.25) is 9.59 Å². The van der Waals surface area contributed by atoms with E-state index in [1.54, 1.807) is 5.32 Å². The molecule has 0 spiro atoms. The maximum Gasteiger partial charge on any atom is 0.455 e. The lowest BCUT2D eigenvalue weighted by Crippen LogP contribution is -2.53. The number of alkyl halides is 5. The van der Waals surface area contributed by atoms with Crippen molar-refractivity contribution in [3.63, 3.8) is 0 Å². The van der Waals surface area contributed by atoms with Gasteiger partial charge in [0.15, 0.2) is 11.6 Å². The predicted molar refractivity (Wildman–Crippen MR) is 125 cm³/mol. The molecule has 0 aliphatic heterocycles. The van der Waals surface area contributed by atoms with Crippen LogP contribution >= 0.6 is 0 Å². The lowest BCUT2D eigenvalue weighted by atomic mass is 9.83. The van der Waals surface area contributed by atoms with Gasteiger partial charge >= 0.3 is 12.1 Å². The van der Waals surface area contributed by atoms with Gasteiger partial charge in [-0.1, -0.05) is 6.92 Å². The van der Waals surface area contributed by atoms with Crippen LogP contribution in [-0.2, 0) is 4.79 Å². The highest BCUT2D eigenvalue weighted by Crippen LogP contribution is 2.49. The van der Waals surface area contributed by atoms with Crippen LogP contribution in [0.2, 0.25) is 0 Å². The van der Waals surface area contributed by atoms with Crippen molar-refractivity contribution >= 4 is 11.8 Å². The molecule has 1 aromatic carbocycles. The van der Waals surface area contributed by atoms with Crippen molar-refractivity contribution in [3.05, 3.63) is 23.5 Å². The fourth-order valence-electron chi connectivity index (χ4n) is 6.02. The fraction of sp³-hybridized carbons (Fsp3) is 0.692. The fourth-order valence-corrected chi connectivity index (χ4v) is 6.02. The summed E-state index contributed by atoms with van der Waals surface area (Å²) in [5.41, 5.74) is -0.0291. The third kappa shape index (κ3) is 5.83. The predicted octanol–water partition coefficient (Wildman–Crippen LogP) is 5.25. The molecule has 3 saturated carbocycles. The molecule has 2 N–H and O–H groups in total. The number of methoxy groups -OCH3 is 1. The Labute approximate surface area is 216 Å². The van der Waals surface area contributed by atoms with E-state index in [0.717, 1.165) is 31.7 Å². The molecule has 0 heterocycles. The number of carbonyl (C=O) groups excluding carboxylic acids is 2. The van der Waals surface area contributed by atoms with E-state index in [0.29, 0.717) is 25.2 Å². The SMILES string of the molecule is COc1cc(F)c(OC2CCC(C)CC2)cc1C(=O)N[C@@H]1[C@H]2CC[C@H](C2)[C@@H]1C(=O)NCC(F)(F)C(F)(F)F. The second kappa shape index (κ2) is 10.8. The first-order valence-corrected chi connectivity index (χ1v) is 12.9. The number of ether oxygens (including phenoxy) is 2. The van der Waals surface area contributed by atoms with E-state index in [2.05, 4.69) is 12.2 Å². The summed E-state index contributed by atoms with van der Waals surface area (Å²) in [6, 6.07) is 1.51. The van der Waals surface area contributed by atoms with Crippen LogP contribution in [0.5, 0.6) is 11.5 Å². The molecule has 212 valence electrons. The maximum atomic E-state index is 14.7. The number of hydrogen-bond donors (Lipinski definition) is 2.